The van der Waals surface area contributed by atoms with Gasteiger partial charge in [0.15, 0.2) is 0 Å². The molecule has 0 aliphatic carbocycles. The standard InChI is InChI=1S/C9H16N4O.C2H6/c1-7-8(10)6-13(12-7)9(2,3)4-5-11-14;1-2/h6H,4-5,10H2,1-3H3;1-2H3. The average molecular weight is 226 g/mol. The molecule has 1 aromatic heterocycles. The first-order chi connectivity index (χ1) is 7.47. The van der Waals surface area contributed by atoms with Gasteiger partial charge >= 0.3 is 0 Å². The Morgan fingerprint density at radius 3 is 2.44 bits per heavy atom. The molecule has 0 amide bonds. The van der Waals surface area contributed by atoms with Gasteiger partial charge in [-0.05, 0) is 27.2 Å². The first-order valence-corrected chi connectivity index (χ1v) is 5.59. The topological polar surface area (TPSA) is 73.3 Å². The Morgan fingerprint density at radius 2 is 2.06 bits per heavy atom. The van der Waals surface area contributed by atoms with Crippen LogP contribution in [0.2, 0.25) is 0 Å². The molecule has 0 aliphatic heterocycles. The highest BCUT2D eigenvalue weighted by Gasteiger charge is 2.21. The van der Waals surface area contributed by atoms with Crippen LogP contribution in [0.25, 0.3) is 0 Å². The van der Waals surface area contributed by atoms with Gasteiger partial charge in [-0.3, -0.25) is 4.68 Å². The van der Waals surface area contributed by atoms with Gasteiger partial charge in [-0.25, -0.2) is 0 Å². The molecule has 16 heavy (non-hydrogen) atoms. The van der Waals surface area contributed by atoms with Crippen LogP contribution < -0.4 is 5.73 Å². The molecule has 0 saturated carbocycles. The van der Waals surface area contributed by atoms with Crippen molar-refractivity contribution in [3.05, 3.63) is 16.8 Å². The molecule has 0 radical (unpaired) electrons. The zero-order chi connectivity index (χ0) is 12.8. The second-order valence-corrected chi connectivity index (χ2v) is 4.03. The minimum atomic E-state index is -0.212. The SMILES string of the molecule is CC.Cc1nn(C(C)(C)CCN=O)cc1N. The molecule has 92 valence electrons. The third kappa shape index (κ3) is 3.64. The van der Waals surface area contributed by atoms with E-state index in [0.717, 1.165) is 5.69 Å². The van der Waals surface area contributed by atoms with Crippen LogP contribution in [0, 0.1) is 11.8 Å². The lowest BCUT2D eigenvalue weighted by atomic mass is 10.0. The molecule has 0 saturated heterocycles. The number of rotatable bonds is 4. The quantitative estimate of drug-likeness (QED) is 0.802. The van der Waals surface area contributed by atoms with Crippen molar-refractivity contribution in [1.82, 2.24) is 9.78 Å². The van der Waals surface area contributed by atoms with Crippen molar-refractivity contribution in [2.24, 2.45) is 5.18 Å². The predicted molar refractivity (Wildman–Crippen MR) is 67.3 cm³/mol. The van der Waals surface area contributed by atoms with Crippen molar-refractivity contribution in [3.8, 4) is 0 Å². The Morgan fingerprint density at radius 1 is 1.50 bits per heavy atom. The molecule has 1 heterocycles. The van der Waals surface area contributed by atoms with Crippen LogP contribution in [-0.2, 0) is 5.54 Å². The molecule has 0 atom stereocenters. The fraction of sp³-hybridized carbons (Fsp3) is 0.727. The second kappa shape index (κ2) is 6.25. The second-order valence-electron chi connectivity index (χ2n) is 4.03. The molecule has 1 aromatic rings. The monoisotopic (exact) mass is 226 g/mol. The largest absolute Gasteiger partial charge is 0.396 e. The van der Waals surface area contributed by atoms with Gasteiger partial charge < -0.3 is 5.73 Å². The third-order valence-electron chi connectivity index (χ3n) is 2.37. The van der Waals surface area contributed by atoms with E-state index in [2.05, 4.69) is 10.3 Å². The summed E-state index contributed by atoms with van der Waals surface area (Å²) < 4.78 is 1.79. The maximum absolute atomic E-state index is 10.1. The lowest BCUT2D eigenvalue weighted by Gasteiger charge is -2.23. The van der Waals surface area contributed by atoms with Gasteiger partial charge in [-0.2, -0.15) is 10.0 Å². The molecule has 1 rings (SSSR count). The fourth-order valence-corrected chi connectivity index (χ4v) is 1.22. The number of aromatic nitrogens is 2. The maximum Gasteiger partial charge on any atom is 0.0834 e. The van der Waals surface area contributed by atoms with E-state index < -0.39 is 0 Å². The number of nitrogens with two attached hydrogens (primary N) is 1. The van der Waals surface area contributed by atoms with Gasteiger partial charge in [-0.1, -0.05) is 19.0 Å². The Balaban J connectivity index is 0.00000106. The predicted octanol–water partition coefficient (Wildman–Crippen LogP) is 2.69. The Kier molecular flexibility index (Phi) is 5.71. The van der Waals surface area contributed by atoms with Crippen molar-refractivity contribution < 1.29 is 0 Å². The summed E-state index contributed by atoms with van der Waals surface area (Å²) in [5.41, 5.74) is 6.98. The Hall–Kier alpha value is -1.39. The summed E-state index contributed by atoms with van der Waals surface area (Å²) in [7, 11) is 0. The zero-order valence-electron chi connectivity index (χ0n) is 10.8. The van der Waals surface area contributed by atoms with E-state index in [-0.39, 0.29) is 5.54 Å². The van der Waals surface area contributed by atoms with Crippen molar-refractivity contribution in [2.45, 2.75) is 46.6 Å². The van der Waals surface area contributed by atoms with Crippen LogP contribution in [0.5, 0.6) is 0 Å². The van der Waals surface area contributed by atoms with Crippen LogP contribution in [0.3, 0.4) is 0 Å². The molecule has 0 aliphatic rings. The summed E-state index contributed by atoms with van der Waals surface area (Å²) in [6.45, 7) is 10.2. The van der Waals surface area contributed by atoms with Crippen molar-refractivity contribution in [1.29, 1.82) is 0 Å². The molecule has 0 aromatic carbocycles. The van der Waals surface area contributed by atoms with Crippen LogP contribution in [-0.4, -0.2) is 16.3 Å². The Labute approximate surface area is 97.0 Å². The van der Waals surface area contributed by atoms with Gasteiger partial charge in [0.25, 0.3) is 0 Å². The number of nitrogens with zero attached hydrogens (tertiary/aromatic N) is 3. The van der Waals surface area contributed by atoms with Crippen molar-refractivity contribution in [2.75, 3.05) is 12.3 Å². The van der Waals surface area contributed by atoms with Gasteiger partial charge in [0.1, 0.15) is 0 Å². The molecule has 2 N–H and O–H groups in total. The maximum atomic E-state index is 10.1. The smallest absolute Gasteiger partial charge is 0.0834 e. The summed E-state index contributed by atoms with van der Waals surface area (Å²) in [6, 6.07) is 0. The van der Waals surface area contributed by atoms with Crippen molar-refractivity contribution in [3.63, 3.8) is 0 Å². The summed E-state index contributed by atoms with van der Waals surface area (Å²) in [6.07, 6.45) is 2.46. The van der Waals surface area contributed by atoms with E-state index in [0.29, 0.717) is 18.7 Å². The molecular weight excluding hydrogens is 204 g/mol. The fourth-order valence-electron chi connectivity index (χ4n) is 1.22. The number of hydrogen-bond acceptors (Lipinski definition) is 4. The number of anilines is 1. The summed E-state index contributed by atoms with van der Waals surface area (Å²) in [5.74, 6) is 0. The summed E-state index contributed by atoms with van der Waals surface area (Å²) in [4.78, 5) is 10.1. The van der Waals surface area contributed by atoms with E-state index in [1.807, 2.05) is 34.6 Å². The first kappa shape index (κ1) is 14.6. The Bertz CT molecular complexity index is 311. The number of hydrogen-bond donors (Lipinski definition) is 1. The number of nitrogen functional groups attached to an aromatic ring is 1. The zero-order valence-corrected chi connectivity index (χ0v) is 10.8. The summed E-state index contributed by atoms with van der Waals surface area (Å²) in [5, 5.41) is 7.14. The van der Waals surface area contributed by atoms with Gasteiger partial charge in [0.05, 0.1) is 23.5 Å². The minimum Gasteiger partial charge on any atom is -0.396 e. The van der Waals surface area contributed by atoms with E-state index in [4.69, 9.17) is 5.73 Å². The van der Waals surface area contributed by atoms with Crippen LogP contribution >= 0.6 is 0 Å². The van der Waals surface area contributed by atoms with E-state index in [1.54, 1.807) is 10.9 Å². The van der Waals surface area contributed by atoms with Gasteiger partial charge in [-0.15, -0.1) is 0 Å². The van der Waals surface area contributed by atoms with Crippen LogP contribution in [0.15, 0.2) is 11.4 Å². The van der Waals surface area contributed by atoms with Crippen LogP contribution in [0.4, 0.5) is 5.69 Å². The highest BCUT2D eigenvalue weighted by Crippen LogP contribution is 2.21. The molecule has 0 bridgehead atoms. The van der Waals surface area contributed by atoms with Crippen molar-refractivity contribution >= 4 is 5.69 Å². The molecule has 5 nitrogen and oxygen atoms in total. The molecule has 0 fully saturated rings. The molecular formula is C11H22N4O. The lowest BCUT2D eigenvalue weighted by Crippen LogP contribution is -2.27. The average Bonchev–Trinajstić information content (AvgIpc) is 2.60. The van der Waals surface area contributed by atoms with Gasteiger partial charge in [0, 0.05) is 6.20 Å². The lowest BCUT2D eigenvalue weighted by molar-refractivity contribution is 0.299. The van der Waals surface area contributed by atoms with Gasteiger partial charge in [0.2, 0.25) is 0 Å². The highest BCUT2D eigenvalue weighted by atomic mass is 16.3. The normalized spacial score (nSPS) is 10.6. The number of nitroso groups, excluding NO2 is 1. The van der Waals surface area contributed by atoms with E-state index in [9.17, 15) is 4.91 Å². The van der Waals surface area contributed by atoms with Crippen LogP contribution in [0.1, 0.15) is 39.8 Å². The first-order valence-electron chi connectivity index (χ1n) is 5.59. The van der Waals surface area contributed by atoms with E-state index >= 15 is 0 Å². The highest BCUT2D eigenvalue weighted by molar-refractivity contribution is 5.39. The third-order valence-corrected chi connectivity index (χ3v) is 2.37. The molecule has 0 unspecified atom stereocenters. The molecule has 0 spiro atoms. The summed E-state index contributed by atoms with van der Waals surface area (Å²) >= 11 is 0. The van der Waals surface area contributed by atoms with E-state index in [1.165, 1.54) is 0 Å². The molecule has 5 heteroatoms. The minimum absolute atomic E-state index is 0.212. The number of aryl methyl sites for hydroxylation is 1.